The van der Waals surface area contributed by atoms with Gasteiger partial charge < -0.3 is 10.0 Å². The molecule has 0 atom stereocenters. The van der Waals surface area contributed by atoms with Crippen molar-refractivity contribution in [3.63, 3.8) is 0 Å². The number of carbonyl (C=O) groups excluding carboxylic acids is 1. The summed E-state index contributed by atoms with van der Waals surface area (Å²) in [6, 6.07) is 5.55. The van der Waals surface area contributed by atoms with Gasteiger partial charge in [0, 0.05) is 19.3 Å². The van der Waals surface area contributed by atoms with Gasteiger partial charge in [0.1, 0.15) is 0 Å². The molecule has 1 N–H and O–H groups in total. The predicted molar refractivity (Wildman–Crippen MR) is 87.0 cm³/mol. The molecule has 126 valence electrons. The smallest absolute Gasteiger partial charge is 0.306 e. The Morgan fingerprint density at radius 2 is 2.04 bits per heavy atom. The lowest BCUT2D eigenvalue weighted by molar-refractivity contribution is -0.143. The predicted octanol–water partition coefficient (Wildman–Crippen LogP) is 1.77. The first-order valence-corrected chi connectivity index (χ1v) is 8.12. The molecule has 2 aromatic heterocycles. The van der Waals surface area contributed by atoms with Gasteiger partial charge in [-0.1, -0.05) is 13.0 Å². The molecule has 1 fully saturated rings. The van der Waals surface area contributed by atoms with E-state index in [4.69, 9.17) is 5.11 Å². The van der Waals surface area contributed by atoms with Crippen LogP contribution in [0.5, 0.6) is 0 Å². The van der Waals surface area contributed by atoms with Crippen LogP contribution in [0, 0.1) is 5.92 Å². The van der Waals surface area contributed by atoms with Gasteiger partial charge in [-0.2, -0.15) is 5.10 Å². The van der Waals surface area contributed by atoms with Gasteiger partial charge in [-0.3, -0.25) is 9.59 Å². The van der Waals surface area contributed by atoms with Gasteiger partial charge in [0.05, 0.1) is 23.4 Å². The number of carboxylic acids is 1. The van der Waals surface area contributed by atoms with Crippen LogP contribution in [0.25, 0.3) is 5.82 Å². The number of likely N-dealkylation sites (tertiary alicyclic amines) is 1. The molecule has 0 bridgehead atoms. The summed E-state index contributed by atoms with van der Waals surface area (Å²) in [6.45, 7) is 2.91. The molecule has 7 heteroatoms. The van der Waals surface area contributed by atoms with Crippen molar-refractivity contribution in [2.75, 3.05) is 13.1 Å². The Labute approximate surface area is 139 Å². The third-order valence-corrected chi connectivity index (χ3v) is 4.43. The number of aliphatic carboxylic acids is 1. The summed E-state index contributed by atoms with van der Waals surface area (Å²) >= 11 is 0. The minimum absolute atomic E-state index is 0.0853. The average molecular weight is 328 g/mol. The second kappa shape index (κ2) is 6.82. The largest absolute Gasteiger partial charge is 0.481 e. The third kappa shape index (κ3) is 3.02. The van der Waals surface area contributed by atoms with E-state index in [-0.39, 0.29) is 11.8 Å². The molecule has 1 amide bonds. The van der Waals surface area contributed by atoms with E-state index in [1.165, 1.54) is 0 Å². The maximum atomic E-state index is 12.8. The summed E-state index contributed by atoms with van der Waals surface area (Å²) in [4.78, 5) is 29.8. The zero-order valence-corrected chi connectivity index (χ0v) is 13.6. The van der Waals surface area contributed by atoms with Crippen LogP contribution in [-0.2, 0) is 11.2 Å². The Morgan fingerprint density at radius 3 is 2.62 bits per heavy atom. The molecule has 2 aromatic rings. The van der Waals surface area contributed by atoms with E-state index in [2.05, 4.69) is 10.1 Å². The maximum absolute atomic E-state index is 12.8. The Hall–Kier alpha value is -2.70. The Balaban J connectivity index is 1.81. The van der Waals surface area contributed by atoms with Crippen molar-refractivity contribution in [3.05, 3.63) is 41.9 Å². The molecule has 1 saturated heterocycles. The minimum atomic E-state index is -0.778. The molecule has 1 aliphatic rings. The summed E-state index contributed by atoms with van der Waals surface area (Å²) in [5.74, 6) is -0.536. The minimum Gasteiger partial charge on any atom is -0.481 e. The summed E-state index contributed by atoms with van der Waals surface area (Å²) in [5, 5.41) is 13.4. The van der Waals surface area contributed by atoms with Crippen LogP contribution in [-0.4, -0.2) is 49.7 Å². The Bertz CT molecular complexity index is 734. The van der Waals surface area contributed by atoms with Crippen molar-refractivity contribution in [1.29, 1.82) is 0 Å². The van der Waals surface area contributed by atoms with Gasteiger partial charge in [-0.05, 0) is 31.4 Å². The topological polar surface area (TPSA) is 88.3 Å². The molecule has 1 aliphatic heterocycles. The second-order valence-corrected chi connectivity index (χ2v) is 5.86. The summed E-state index contributed by atoms with van der Waals surface area (Å²) in [6.07, 6.45) is 4.92. The number of carbonyl (C=O) groups is 2. The van der Waals surface area contributed by atoms with Crippen LogP contribution in [0.4, 0.5) is 0 Å². The number of amides is 1. The number of rotatable bonds is 4. The first kappa shape index (κ1) is 16.2. The highest BCUT2D eigenvalue weighted by molar-refractivity contribution is 5.95. The van der Waals surface area contributed by atoms with Crippen LogP contribution in [0.15, 0.2) is 30.6 Å². The molecule has 0 saturated carbocycles. The molecule has 7 nitrogen and oxygen atoms in total. The molecule has 0 spiro atoms. The van der Waals surface area contributed by atoms with Crippen molar-refractivity contribution in [1.82, 2.24) is 19.7 Å². The summed E-state index contributed by atoms with van der Waals surface area (Å²) in [5.41, 5.74) is 1.39. The van der Waals surface area contributed by atoms with Crippen LogP contribution in [0.2, 0.25) is 0 Å². The number of hydrogen-bond donors (Lipinski definition) is 1. The first-order chi connectivity index (χ1) is 11.6. The number of carboxylic acid groups (broad SMARTS) is 1. The number of aromatic nitrogens is 3. The lowest BCUT2D eigenvalue weighted by Gasteiger charge is -2.30. The quantitative estimate of drug-likeness (QED) is 0.924. The molecule has 0 aliphatic carbocycles. The van der Waals surface area contributed by atoms with Crippen molar-refractivity contribution in [2.24, 2.45) is 5.92 Å². The highest BCUT2D eigenvalue weighted by atomic mass is 16.4. The van der Waals surface area contributed by atoms with Gasteiger partial charge in [-0.15, -0.1) is 0 Å². The van der Waals surface area contributed by atoms with Gasteiger partial charge in [0.25, 0.3) is 5.91 Å². The molecule has 0 unspecified atom stereocenters. The van der Waals surface area contributed by atoms with Gasteiger partial charge in [-0.25, -0.2) is 9.67 Å². The number of piperidine rings is 1. The van der Waals surface area contributed by atoms with Crippen molar-refractivity contribution in [2.45, 2.75) is 26.2 Å². The van der Waals surface area contributed by atoms with Crippen LogP contribution in [0.3, 0.4) is 0 Å². The van der Waals surface area contributed by atoms with Gasteiger partial charge in [0.2, 0.25) is 0 Å². The maximum Gasteiger partial charge on any atom is 0.306 e. The fraction of sp³-hybridized carbons (Fsp3) is 0.412. The van der Waals surface area contributed by atoms with E-state index in [9.17, 15) is 9.59 Å². The zero-order valence-electron chi connectivity index (χ0n) is 13.6. The fourth-order valence-corrected chi connectivity index (χ4v) is 3.07. The molecule has 0 radical (unpaired) electrons. The second-order valence-electron chi connectivity index (χ2n) is 5.86. The number of hydrogen-bond acceptors (Lipinski definition) is 4. The lowest BCUT2D eigenvalue weighted by atomic mass is 9.96. The molecule has 0 aromatic carbocycles. The van der Waals surface area contributed by atoms with E-state index in [1.54, 1.807) is 22.0 Å². The van der Waals surface area contributed by atoms with E-state index in [1.807, 2.05) is 25.1 Å². The van der Waals surface area contributed by atoms with Crippen molar-refractivity contribution >= 4 is 11.9 Å². The molecular weight excluding hydrogens is 308 g/mol. The van der Waals surface area contributed by atoms with E-state index >= 15 is 0 Å². The van der Waals surface area contributed by atoms with E-state index < -0.39 is 5.97 Å². The first-order valence-electron chi connectivity index (χ1n) is 8.12. The highest BCUT2D eigenvalue weighted by Gasteiger charge is 2.29. The zero-order chi connectivity index (χ0) is 17.1. The fourth-order valence-electron chi connectivity index (χ4n) is 3.07. The van der Waals surface area contributed by atoms with Crippen LogP contribution in [0.1, 0.15) is 35.8 Å². The lowest BCUT2D eigenvalue weighted by Crippen LogP contribution is -2.40. The number of pyridine rings is 1. The monoisotopic (exact) mass is 328 g/mol. The molecule has 3 rings (SSSR count). The highest BCUT2D eigenvalue weighted by Crippen LogP contribution is 2.21. The third-order valence-electron chi connectivity index (χ3n) is 4.43. The normalized spacial score (nSPS) is 15.5. The molecule has 3 heterocycles. The molecule has 24 heavy (non-hydrogen) atoms. The van der Waals surface area contributed by atoms with Crippen LogP contribution < -0.4 is 0 Å². The van der Waals surface area contributed by atoms with Crippen LogP contribution >= 0.6 is 0 Å². The standard InChI is InChI=1S/C17H20N4O3/c1-2-14-13(11-19-21(14)15-5-3-4-8-18-15)16(22)20-9-6-12(7-10-20)17(23)24/h3-5,8,11-12H,2,6-7,9-10H2,1H3,(H,23,24). The van der Waals surface area contributed by atoms with Gasteiger partial charge in [0.15, 0.2) is 5.82 Å². The van der Waals surface area contributed by atoms with Crippen molar-refractivity contribution < 1.29 is 14.7 Å². The average Bonchev–Trinajstić information content (AvgIpc) is 3.06. The van der Waals surface area contributed by atoms with E-state index in [0.29, 0.717) is 43.7 Å². The summed E-state index contributed by atoms with van der Waals surface area (Å²) in [7, 11) is 0. The van der Waals surface area contributed by atoms with Gasteiger partial charge >= 0.3 is 5.97 Å². The van der Waals surface area contributed by atoms with Crippen molar-refractivity contribution in [3.8, 4) is 5.82 Å². The molecular formula is C17H20N4O3. The Kier molecular flexibility index (Phi) is 4.59. The van der Waals surface area contributed by atoms with E-state index in [0.717, 1.165) is 5.69 Å². The SMILES string of the molecule is CCc1c(C(=O)N2CCC(C(=O)O)CC2)cnn1-c1ccccn1. The summed E-state index contributed by atoms with van der Waals surface area (Å²) < 4.78 is 1.69. The number of nitrogens with zero attached hydrogens (tertiary/aromatic N) is 4. The Morgan fingerprint density at radius 1 is 1.29 bits per heavy atom.